The second kappa shape index (κ2) is 6.97. The van der Waals surface area contributed by atoms with Crippen LogP contribution in [0.4, 0.5) is 0 Å². The molecule has 3 heterocycles. The average molecular weight is 363 g/mol. The van der Waals surface area contributed by atoms with E-state index < -0.39 is 0 Å². The molecule has 4 heteroatoms. The molecule has 0 bridgehead atoms. The molecule has 0 fully saturated rings. The van der Waals surface area contributed by atoms with Crippen molar-refractivity contribution < 1.29 is 9.05 Å². The number of fused-ring (bicyclic) bond motifs is 2. The highest BCUT2D eigenvalue weighted by Crippen LogP contribution is 2.07. The third kappa shape index (κ3) is 2.78. The smallest absolute Gasteiger partial charge is 0.366 e. The van der Waals surface area contributed by atoms with Crippen LogP contribution in [-0.4, -0.2) is 11.4 Å². The normalized spacial score (nSPS) is 13.0. The van der Waals surface area contributed by atoms with Crippen molar-refractivity contribution in [1.29, 1.82) is 0 Å². The fourth-order valence-corrected chi connectivity index (χ4v) is 4.26. The van der Waals surface area contributed by atoms with E-state index in [1.807, 2.05) is 6.08 Å². The Labute approximate surface area is 165 Å². The number of benzene rings is 2. The van der Waals surface area contributed by atoms with Crippen molar-refractivity contribution in [3.8, 4) is 0 Å². The van der Waals surface area contributed by atoms with E-state index in [4.69, 9.17) is 0 Å². The summed E-state index contributed by atoms with van der Waals surface area (Å²) in [4.78, 5) is 0. The van der Waals surface area contributed by atoms with Gasteiger partial charge in [-0.1, -0.05) is 67.2 Å². The summed E-state index contributed by atoms with van der Waals surface area (Å²) in [7, 11) is 0. The topological polar surface area (TPSA) is 12.7 Å². The fraction of sp³-hybridized carbons (Fsp3) is 0.0833. The molecule has 0 amide bonds. The van der Waals surface area contributed by atoms with Gasteiger partial charge in [-0.25, -0.2) is 0 Å². The van der Waals surface area contributed by atoms with Gasteiger partial charge in [0.2, 0.25) is 0 Å². The molecular formula is C24H22BN3+. The Kier molecular flexibility index (Phi) is 4.17. The molecule has 1 radical (unpaired) electrons. The molecule has 2 aromatic carbocycles. The van der Waals surface area contributed by atoms with Gasteiger partial charge >= 0.3 is 6.85 Å². The SMILES string of the molecule is C=Cc1cccc[n+]1[B-]1c2ccccc2C[n+]2ccn(Cc3ccccc3)c21. The Morgan fingerprint density at radius 2 is 1.71 bits per heavy atom. The summed E-state index contributed by atoms with van der Waals surface area (Å²) in [6.07, 6.45) is 8.51. The molecule has 135 valence electrons. The van der Waals surface area contributed by atoms with E-state index in [0.717, 1.165) is 18.8 Å². The van der Waals surface area contributed by atoms with Crippen molar-refractivity contribution in [2.24, 2.45) is 0 Å². The van der Waals surface area contributed by atoms with Gasteiger partial charge in [0.1, 0.15) is 43.1 Å². The maximum atomic E-state index is 4.04. The summed E-state index contributed by atoms with van der Waals surface area (Å²) in [5, 5.41) is 0. The maximum Gasteiger partial charge on any atom is 0.366 e. The predicted molar refractivity (Wildman–Crippen MR) is 113 cm³/mol. The van der Waals surface area contributed by atoms with Gasteiger partial charge in [-0.15, -0.1) is 5.46 Å². The summed E-state index contributed by atoms with van der Waals surface area (Å²) >= 11 is 0. The van der Waals surface area contributed by atoms with Crippen molar-refractivity contribution in [3.05, 3.63) is 115 Å². The molecule has 0 unspecified atom stereocenters. The Morgan fingerprint density at radius 1 is 0.929 bits per heavy atom. The van der Waals surface area contributed by atoms with Crippen LogP contribution in [0.5, 0.6) is 0 Å². The molecule has 0 atom stereocenters. The minimum Gasteiger partial charge on any atom is -0.428 e. The molecule has 3 nitrogen and oxygen atoms in total. The molecular weight excluding hydrogens is 341 g/mol. The number of aromatic nitrogens is 3. The number of rotatable bonds is 4. The zero-order valence-corrected chi connectivity index (χ0v) is 15.8. The minimum atomic E-state index is 0.109. The van der Waals surface area contributed by atoms with E-state index in [0.29, 0.717) is 0 Å². The Morgan fingerprint density at radius 3 is 2.57 bits per heavy atom. The first-order chi connectivity index (χ1) is 13.8. The van der Waals surface area contributed by atoms with Crippen LogP contribution in [0.25, 0.3) is 6.08 Å². The standard InChI is InChI=1S/C24H22BN3/c1-2-22-13-8-9-15-28(22)25-23-14-7-6-12-21(23)19-27-17-16-26(24(25)27)18-20-10-4-3-5-11-20/h2-17H,1,18-19H2/q+1. The summed E-state index contributed by atoms with van der Waals surface area (Å²) in [6, 6.07) is 25.7. The zero-order valence-electron chi connectivity index (χ0n) is 15.8. The number of pyridine rings is 1. The third-order valence-electron chi connectivity index (χ3n) is 5.56. The van der Waals surface area contributed by atoms with E-state index in [-0.39, 0.29) is 6.85 Å². The van der Waals surface area contributed by atoms with Crippen molar-refractivity contribution in [3.63, 3.8) is 0 Å². The van der Waals surface area contributed by atoms with Crippen molar-refractivity contribution in [2.75, 3.05) is 0 Å². The Hall–Kier alpha value is -3.40. The maximum absolute atomic E-state index is 4.04. The molecule has 0 N–H and O–H groups in total. The second-order valence-corrected chi connectivity index (χ2v) is 7.24. The number of hydrogen-bond donors (Lipinski definition) is 0. The Bertz CT molecular complexity index is 1150. The summed E-state index contributed by atoms with van der Waals surface area (Å²) < 4.78 is 7.09. The van der Waals surface area contributed by atoms with Crippen molar-refractivity contribution in [2.45, 2.75) is 13.1 Å². The molecule has 2 aromatic heterocycles. The van der Waals surface area contributed by atoms with Gasteiger partial charge < -0.3 is 4.48 Å². The van der Waals surface area contributed by atoms with Crippen molar-refractivity contribution in [1.82, 2.24) is 4.57 Å². The van der Waals surface area contributed by atoms with E-state index >= 15 is 0 Å². The molecule has 1 aliphatic heterocycles. The van der Waals surface area contributed by atoms with E-state index in [1.54, 1.807) is 0 Å². The highest BCUT2D eigenvalue weighted by atomic mass is 15.2. The molecule has 0 aliphatic carbocycles. The summed E-state index contributed by atoms with van der Waals surface area (Å²) in [6.45, 7) is 5.91. The van der Waals surface area contributed by atoms with Crippen LogP contribution in [0.2, 0.25) is 0 Å². The average Bonchev–Trinajstić information content (AvgIpc) is 3.15. The Balaban J connectivity index is 1.70. The molecule has 0 spiro atoms. The molecule has 0 saturated carbocycles. The van der Waals surface area contributed by atoms with Crippen LogP contribution in [0.15, 0.2) is 98.0 Å². The van der Waals surface area contributed by atoms with Gasteiger partial charge in [0.15, 0.2) is 0 Å². The molecule has 1 aliphatic rings. The summed E-state index contributed by atoms with van der Waals surface area (Å²) in [5.74, 6) is 0. The van der Waals surface area contributed by atoms with Crippen molar-refractivity contribution >= 4 is 24.1 Å². The lowest BCUT2D eigenvalue weighted by atomic mass is 9.51. The van der Waals surface area contributed by atoms with E-state index in [9.17, 15) is 0 Å². The number of imidazole rings is 1. The van der Waals surface area contributed by atoms with E-state index in [1.165, 1.54) is 22.3 Å². The molecule has 5 rings (SSSR count). The molecule has 0 saturated heterocycles. The minimum absolute atomic E-state index is 0.109. The summed E-state index contributed by atoms with van der Waals surface area (Å²) in [5.41, 5.74) is 6.44. The predicted octanol–water partition coefficient (Wildman–Crippen LogP) is 1.77. The van der Waals surface area contributed by atoms with Crippen LogP contribution in [0.3, 0.4) is 0 Å². The fourth-order valence-electron chi connectivity index (χ4n) is 4.26. The first-order valence-corrected chi connectivity index (χ1v) is 9.68. The lowest BCUT2D eigenvalue weighted by Gasteiger charge is -2.28. The van der Waals surface area contributed by atoms with Gasteiger partial charge in [0.05, 0.1) is 0 Å². The highest BCUT2D eigenvalue weighted by molar-refractivity contribution is 6.77. The van der Waals surface area contributed by atoms with Gasteiger partial charge in [0, 0.05) is 6.07 Å². The lowest BCUT2D eigenvalue weighted by molar-refractivity contribution is -0.676. The molecule has 4 aromatic rings. The quantitative estimate of drug-likeness (QED) is 0.341. The van der Waals surface area contributed by atoms with Crippen LogP contribution in [0.1, 0.15) is 16.8 Å². The third-order valence-corrected chi connectivity index (χ3v) is 5.56. The van der Waals surface area contributed by atoms with Gasteiger partial charge in [-0.2, -0.15) is 0 Å². The first-order valence-electron chi connectivity index (χ1n) is 9.68. The monoisotopic (exact) mass is 363 g/mol. The zero-order chi connectivity index (χ0) is 18.9. The number of hydrogen-bond acceptors (Lipinski definition) is 0. The highest BCUT2D eigenvalue weighted by Gasteiger charge is 2.35. The van der Waals surface area contributed by atoms with Gasteiger partial charge in [0.25, 0.3) is 0 Å². The first kappa shape index (κ1) is 16.8. The van der Waals surface area contributed by atoms with Crippen LogP contribution in [0, 0.1) is 0 Å². The number of nitrogens with zero attached hydrogens (tertiary/aromatic N) is 3. The second-order valence-electron chi connectivity index (χ2n) is 7.24. The largest absolute Gasteiger partial charge is 0.428 e. The van der Waals surface area contributed by atoms with E-state index in [2.05, 4.69) is 112 Å². The van der Waals surface area contributed by atoms with Gasteiger partial charge in [-0.05, 0) is 23.3 Å². The van der Waals surface area contributed by atoms with Crippen LogP contribution in [-0.2, 0) is 13.1 Å². The van der Waals surface area contributed by atoms with Crippen LogP contribution >= 0.6 is 0 Å². The van der Waals surface area contributed by atoms with Crippen LogP contribution < -0.4 is 20.2 Å². The molecule has 28 heavy (non-hydrogen) atoms. The van der Waals surface area contributed by atoms with Gasteiger partial charge in [-0.3, -0.25) is 9.13 Å². The lowest BCUT2D eigenvalue weighted by Crippen LogP contribution is -2.78.